The Morgan fingerprint density at radius 2 is 0.557 bits per heavy atom. The summed E-state index contributed by atoms with van der Waals surface area (Å²) in [4.78, 5) is 38.1. The van der Waals surface area contributed by atoms with Gasteiger partial charge in [0.2, 0.25) is 0 Å². The van der Waals surface area contributed by atoms with Crippen LogP contribution in [-0.2, 0) is 28.6 Å². The predicted octanol–water partition coefficient (Wildman–Crippen LogP) is 19.9. The third kappa shape index (κ3) is 55.5. The van der Waals surface area contributed by atoms with Crippen LogP contribution in [0.15, 0.2) is 85.1 Å². The Labute approximate surface area is 433 Å². The zero-order valence-electron chi connectivity index (χ0n) is 46.0. The highest BCUT2D eigenvalue weighted by molar-refractivity contribution is 5.71. The molecule has 0 aliphatic heterocycles. The van der Waals surface area contributed by atoms with E-state index in [2.05, 4.69) is 106 Å². The van der Waals surface area contributed by atoms with Crippen molar-refractivity contribution in [3.63, 3.8) is 0 Å². The lowest BCUT2D eigenvalue weighted by atomic mass is 10.0. The zero-order valence-corrected chi connectivity index (χ0v) is 46.0. The standard InChI is InChI=1S/C64H110O6/c1-4-7-10-13-16-19-22-25-27-28-29-30-31-32-33-34-35-36-38-39-42-45-48-51-54-57-63(66)69-60-61(59-68-62(65)56-53-50-47-44-41-24-21-18-15-12-9-6-3)70-64(67)58-55-52-49-46-43-40-37-26-23-20-17-14-11-8-5-2/h7,10,16-21,25-27,29-30,37,61H,4-6,8-9,11-15,22-24,28,31-36,38-60H2,1-3H3/b10-7-,19-16-,20-17-,21-18-,27-25-,30-29-,37-26-. The van der Waals surface area contributed by atoms with Gasteiger partial charge in [0.1, 0.15) is 13.2 Å². The molecule has 0 bridgehead atoms. The molecule has 0 N–H and O–H groups in total. The quantitative estimate of drug-likeness (QED) is 0.0261. The Kier molecular flexibility index (Phi) is 55.3. The van der Waals surface area contributed by atoms with Gasteiger partial charge in [-0.05, 0) is 116 Å². The second-order valence-electron chi connectivity index (χ2n) is 19.5. The molecular formula is C64H110O6. The number of hydrogen-bond donors (Lipinski definition) is 0. The average molecular weight is 976 g/mol. The van der Waals surface area contributed by atoms with Crippen molar-refractivity contribution in [2.75, 3.05) is 13.2 Å². The van der Waals surface area contributed by atoms with E-state index in [4.69, 9.17) is 14.2 Å². The monoisotopic (exact) mass is 975 g/mol. The number of allylic oxidation sites excluding steroid dienone is 14. The molecule has 70 heavy (non-hydrogen) atoms. The minimum atomic E-state index is -0.788. The van der Waals surface area contributed by atoms with E-state index < -0.39 is 6.10 Å². The lowest BCUT2D eigenvalue weighted by molar-refractivity contribution is -0.167. The van der Waals surface area contributed by atoms with Crippen LogP contribution in [0.4, 0.5) is 0 Å². The van der Waals surface area contributed by atoms with Crippen LogP contribution in [-0.4, -0.2) is 37.2 Å². The van der Waals surface area contributed by atoms with Gasteiger partial charge < -0.3 is 14.2 Å². The fourth-order valence-corrected chi connectivity index (χ4v) is 8.16. The first-order chi connectivity index (χ1) is 34.5. The normalized spacial score (nSPS) is 12.7. The number of unbranched alkanes of at least 4 members (excludes halogenated alkanes) is 28. The van der Waals surface area contributed by atoms with E-state index in [0.717, 1.165) is 116 Å². The molecule has 6 heteroatoms. The zero-order chi connectivity index (χ0) is 50.7. The summed E-state index contributed by atoms with van der Waals surface area (Å²) < 4.78 is 16.8. The molecule has 0 spiro atoms. The largest absolute Gasteiger partial charge is 0.462 e. The molecule has 1 atom stereocenters. The smallest absolute Gasteiger partial charge is 0.306 e. The van der Waals surface area contributed by atoms with Crippen LogP contribution < -0.4 is 0 Å². The van der Waals surface area contributed by atoms with Crippen molar-refractivity contribution in [1.82, 2.24) is 0 Å². The van der Waals surface area contributed by atoms with E-state index in [1.165, 1.54) is 128 Å². The lowest BCUT2D eigenvalue weighted by Crippen LogP contribution is -2.30. The van der Waals surface area contributed by atoms with E-state index >= 15 is 0 Å². The fourth-order valence-electron chi connectivity index (χ4n) is 8.16. The summed E-state index contributed by atoms with van der Waals surface area (Å²) in [6.07, 6.45) is 75.8. The summed E-state index contributed by atoms with van der Waals surface area (Å²) in [5.74, 6) is -0.904. The maximum atomic E-state index is 12.8. The minimum Gasteiger partial charge on any atom is -0.462 e. The molecule has 402 valence electrons. The summed E-state index contributed by atoms with van der Waals surface area (Å²) in [6.45, 7) is 6.47. The van der Waals surface area contributed by atoms with Crippen LogP contribution >= 0.6 is 0 Å². The molecule has 1 unspecified atom stereocenters. The first kappa shape index (κ1) is 66.6. The van der Waals surface area contributed by atoms with Gasteiger partial charge in [0.15, 0.2) is 6.10 Å². The second kappa shape index (κ2) is 58.2. The van der Waals surface area contributed by atoms with Crippen molar-refractivity contribution in [3.8, 4) is 0 Å². The number of hydrogen-bond acceptors (Lipinski definition) is 6. The summed E-state index contributed by atoms with van der Waals surface area (Å²) in [5.41, 5.74) is 0. The molecule has 0 saturated carbocycles. The van der Waals surface area contributed by atoms with E-state index in [9.17, 15) is 14.4 Å². The van der Waals surface area contributed by atoms with Crippen molar-refractivity contribution < 1.29 is 28.6 Å². The minimum absolute atomic E-state index is 0.0850. The number of ether oxygens (including phenoxy) is 3. The van der Waals surface area contributed by atoms with Gasteiger partial charge in [-0.3, -0.25) is 14.4 Å². The third-order valence-corrected chi connectivity index (χ3v) is 12.6. The molecule has 0 heterocycles. The summed E-state index contributed by atoms with van der Waals surface area (Å²) >= 11 is 0. The Morgan fingerprint density at radius 1 is 0.300 bits per heavy atom. The maximum absolute atomic E-state index is 12.8. The SMILES string of the molecule is CC/C=C\C/C=C\C/C=C\C/C=C\CCCCCCCCCCCCCCC(=O)OCC(COC(=O)CCCCCCC/C=C\CCCCC)OC(=O)CCCCCCC/C=C\C/C=C\CCCCC. The molecule has 0 aromatic carbocycles. The van der Waals surface area contributed by atoms with Crippen LogP contribution in [0.3, 0.4) is 0 Å². The van der Waals surface area contributed by atoms with Crippen molar-refractivity contribution in [1.29, 1.82) is 0 Å². The summed E-state index contributed by atoms with van der Waals surface area (Å²) in [6, 6.07) is 0. The van der Waals surface area contributed by atoms with Gasteiger partial charge in [0, 0.05) is 19.3 Å². The van der Waals surface area contributed by atoms with Crippen molar-refractivity contribution >= 4 is 17.9 Å². The van der Waals surface area contributed by atoms with Gasteiger partial charge in [-0.25, -0.2) is 0 Å². The van der Waals surface area contributed by atoms with E-state index in [1.807, 2.05) is 0 Å². The number of carbonyl (C=O) groups is 3. The summed E-state index contributed by atoms with van der Waals surface area (Å²) in [5, 5.41) is 0. The van der Waals surface area contributed by atoms with E-state index in [0.29, 0.717) is 19.3 Å². The van der Waals surface area contributed by atoms with Gasteiger partial charge in [0.25, 0.3) is 0 Å². The van der Waals surface area contributed by atoms with Gasteiger partial charge in [-0.1, -0.05) is 234 Å². The number of rotatable bonds is 53. The van der Waals surface area contributed by atoms with Gasteiger partial charge >= 0.3 is 17.9 Å². The Bertz CT molecular complexity index is 1350. The van der Waals surface area contributed by atoms with Crippen molar-refractivity contribution in [2.45, 2.75) is 290 Å². The third-order valence-electron chi connectivity index (χ3n) is 12.6. The van der Waals surface area contributed by atoms with Crippen molar-refractivity contribution in [3.05, 3.63) is 85.1 Å². The van der Waals surface area contributed by atoms with Crippen molar-refractivity contribution in [2.24, 2.45) is 0 Å². The first-order valence-corrected chi connectivity index (χ1v) is 29.6. The van der Waals surface area contributed by atoms with Crippen LogP contribution in [0.2, 0.25) is 0 Å². The Hall–Kier alpha value is -3.41. The van der Waals surface area contributed by atoms with Gasteiger partial charge in [-0.15, -0.1) is 0 Å². The topological polar surface area (TPSA) is 78.9 Å². The van der Waals surface area contributed by atoms with Crippen LogP contribution in [0.25, 0.3) is 0 Å². The molecule has 0 amide bonds. The molecule has 0 saturated heterocycles. The van der Waals surface area contributed by atoms with Crippen LogP contribution in [0.1, 0.15) is 284 Å². The molecule has 0 rings (SSSR count). The molecule has 0 aliphatic carbocycles. The molecule has 0 aromatic rings. The van der Waals surface area contributed by atoms with Crippen LogP contribution in [0.5, 0.6) is 0 Å². The number of esters is 3. The van der Waals surface area contributed by atoms with Gasteiger partial charge in [-0.2, -0.15) is 0 Å². The second-order valence-corrected chi connectivity index (χ2v) is 19.5. The number of carbonyl (C=O) groups excluding carboxylic acids is 3. The molecule has 6 nitrogen and oxygen atoms in total. The molecule has 0 aliphatic rings. The van der Waals surface area contributed by atoms with Crippen LogP contribution in [0, 0.1) is 0 Å². The van der Waals surface area contributed by atoms with E-state index in [1.54, 1.807) is 0 Å². The highest BCUT2D eigenvalue weighted by Gasteiger charge is 2.19. The Morgan fingerprint density at radius 3 is 0.886 bits per heavy atom. The Balaban J connectivity index is 4.29. The fraction of sp³-hybridized carbons (Fsp3) is 0.734. The predicted molar refractivity (Wildman–Crippen MR) is 302 cm³/mol. The highest BCUT2D eigenvalue weighted by Crippen LogP contribution is 2.15. The highest BCUT2D eigenvalue weighted by atomic mass is 16.6. The summed E-state index contributed by atoms with van der Waals surface area (Å²) in [7, 11) is 0. The lowest BCUT2D eigenvalue weighted by Gasteiger charge is -2.18. The van der Waals surface area contributed by atoms with E-state index in [-0.39, 0.29) is 31.1 Å². The first-order valence-electron chi connectivity index (χ1n) is 29.6. The molecule has 0 fully saturated rings. The molecule has 0 radical (unpaired) electrons. The molecule has 0 aromatic heterocycles. The maximum Gasteiger partial charge on any atom is 0.306 e. The molecular weight excluding hydrogens is 865 g/mol. The van der Waals surface area contributed by atoms with Gasteiger partial charge in [0.05, 0.1) is 0 Å². The average Bonchev–Trinajstić information content (AvgIpc) is 3.36.